The minimum absolute atomic E-state index is 0.158. The van der Waals surface area contributed by atoms with Crippen molar-refractivity contribution in [3.05, 3.63) is 23.9 Å². The number of ether oxygens (including phenoxy) is 1. The van der Waals surface area contributed by atoms with Gasteiger partial charge in [0.15, 0.2) is 0 Å². The number of aliphatic hydroxyl groups is 1. The first-order chi connectivity index (χ1) is 11.9. The summed E-state index contributed by atoms with van der Waals surface area (Å²) in [5, 5.41) is 20.9. The Balaban J connectivity index is 1.54. The van der Waals surface area contributed by atoms with Crippen LogP contribution in [0.2, 0.25) is 0 Å². The fourth-order valence-electron chi connectivity index (χ4n) is 3.85. The number of H-pyrrole nitrogens is 1. The van der Waals surface area contributed by atoms with E-state index in [1.165, 1.54) is 18.2 Å². The molecule has 2 atom stereocenters. The monoisotopic (exact) mass is 356 g/mol. The summed E-state index contributed by atoms with van der Waals surface area (Å²) in [7, 11) is 0. The molecule has 3 fully saturated rings. The summed E-state index contributed by atoms with van der Waals surface area (Å²) in [5.41, 5.74) is 0.818. The summed E-state index contributed by atoms with van der Waals surface area (Å²) in [6, 6.07) is 4.03. The minimum atomic E-state index is -4.76. The van der Waals surface area contributed by atoms with E-state index in [9.17, 15) is 18.3 Å². The van der Waals surface area contributed by atoms with Crippen LogP contribution >= 0.6 is 0 Å². The number of nitrogens with one attached hydrogen (secondary N) is 2. The first-order valence-corrected chi connectivity index (χ1v) is 8.29. The van der Waals surface area contributed by atoms with Crippen molar-refractivity contribution in [2.45, 2.75) is 31.5 Å². The third-order valence-electron chi connectivity index (χ3n) is 5.09. The number of fused-ring (bicyclic) bond motifs is 4. The van der Waals surface area contributed by atoms with E-state index in [4.69, 9.17) is 0 Å². The smallest absolute Gasteiger partial charge is 0.406 e. The van der Waals surface area contributed by atoms with Gasteiger partial charge in [0.05, 0.1) is 11.2 Å². The van der Waals surface area contributed by atoms with Crippen LogP contribution in [0.1, 0.15) is 24.8 Å². The van der Waals surface area contributed by atoms with Crippen molar-refractivity contribution < 1.29 is 23.0 Å². The molecule has 0 aliphatic carbocycles. The van der Waals surface area contributed by atoms with Crippen LogP contribution in [0.15, 0.2) is 18.2 Å². The number of hydrogen-bond donors (Lipinski definition) is 3. The Morgan fingerprint density at radius 2 is 2.08 bits per heavy atom. The van der Waals surface area contributed by atoms with E-state index in [-0.39, 0.29) is 11.8 Å². The van der Waals surface area contributed by atoms with Gasteiger partial charge < -0.3 is 14.7 Å². The Morgan fingerprint density at radius 3 is 2.72 bits per heavy atom. The average Bonchev–Trinajstić information content (AvgIpc) is 2.97. The number of aliphatic hydroxyl groups excluding tert-OH is 1. The van der Waals surface area contributed by atoms with Gasteiger partial charge in [-0.05, 0) is 50.0 Å². The van der Waals surface area contributed by atoms with E-state index < -0.39 is 12.6 Å². The van der Waals surface area contributed by atoms with Gasteiger partial charge >= 0.3 is 6.36 Å². The lowest BCUT2D eigenvalue weighted by Gasteiger charge is -2.45. The van der Waals surface area contributed by atoms with Gasteiger partial charge in [-0.15, -0.1) is 13.2 Å². The molecule has 0 amide bonds. The van der Waals surface area contributed by atoms with Crippen molar-refractivity contribution in [1.82, 2.24) is 20.4 Å². The number of benzene rings is 1. The van der Waals surface area contributed by atoms with Crippen molar-refractivity contribution in [1.29, 1.82) is 0 Å². The largest absolute Gasteiger partial charge is 0.573 e. The molecule has 3 aliphatic rings. The number of piperidine rings is 3. The first-order valence-electron chi connectivity index (χ1n) is 8.29. The highest BCUT2D eigenvalue weighted by Crippen LogP contribution is 2.31. The maximum atomic E-state index is 12.4. The van der Waals surface area contributed by atoms with Crippen LogP contribution in [-0.4, -0.2) is 52.2 Å². The predicted molar refractivity (Wildman–Crippen MR) is 83.8 cm³/mol. The lowest BCUT2D eigenvalue weighted by atomic mass is 9.84. The number of aromatic amines is 1. The Bertz CT molecular complexity index is 755. The van der Waals surface area contributed by atoms with Crippen LogP contribution in [0.5, 0.6) is 5.75 Å². The van der Waals surface area contributed by atoms with Crippen molar-refractivity contribution in [3.63, 3.8) is 0 Å². The van der Waals surface area contributed by atoms with E-state index in [1.54, 1.807) is 0 Å². The predicted octanol–water partition coefficient (Wildman–Crippen LogP) is 2.14. The number of aromatic nitrogens is 2. The lowest BCUT2D eigenvalue weighted by molar-refractivity contribution is -0.274. The Hall–Kier alpha value is -1.84. The molecule has 9 heteroatoms. The van der Waals surface area contributed by atoms with Crippen LogP contribution in [0.3, 0.4) is 0 Å². The lowest BCUT2D eigenvalue weighted by Crippen LogP contribution is -2.56. The highest BCUT2D eigenvalue weighted by molar-refractivity contribution is 5.83. The molecule has 136 valence electrons. The van der Waals surface area contributed by atoms with E-state index in [0.717, 1.165) is 32.5 Å². The van der Waals surface area contributed by atoms with Crippen LogP contribution in [0.25, 0.3) is 10.9 Å². The number of hydrogen-bond acceptors (Lipinski definition) is 5. The molecule has 0 saturated carbocycles. The molecule has 4 heterocycles. The summed E-state index contributed by atoms with van der Waals surface area (Å²) in [5.74, 6) is 0.177. The molecule has 1 aromatic carbocycles. The van der Waals surface area contributed by atoms with Gasteiger partial charge in [0.25, 0.3) is 0 Å². The summed E-state index contributed by atoms with van der Waals surface area (Å²) in [4.78, 5) is 2.35. The first kappa shape index (κ1) is 16.6. The SMILES string of the molecule is OC(N[C@@H]1CN2CCC1CC2)c1[nH]nc2ccc(OC(F)(F)F)cc12. The maximum Gasteiger partial charge on any atom is 0.573 e. The molecule has 2 aromatic rings. The number of rotatable bonds is 4. The zero-order valence-electron chi connectivity index (χ0n) is 13.4. The molecule has 5 rings (SSSR count). The molecule has 1 unspecified atom stereocenters. The molecular weight excluding hydrogens is 337 g/mol. The Labute approximate surface area is 141 Å². The average molecular weight is 356 g/mol. The van der Waals surface area contributed by atoms with Gasteiger partial charge in [-0.1, -0.05) is 0 Å². The Kier molecular flexibility index (Phi) is 4.09. The third kappa shape index (κ3) is 3.44. The number of nitrogens with zero attached hydrogens (tertiary/aromatic N) is 2. The van der Waals surface area contributed by atoms with Crippen LogP contribution in [0.4, 0.5) is 13.2 Å². The number of halogens is 3. The summed E-state index contributed by atoms with van der Waals surface area (Å²) in [6.07, 6.45) is -3.60. The molecule has 3 aliphatic heterocycles. The topological polar surface area (TPSA) is 73.4 Å². The molecule has 6 nitrogen and oxygen atoms in total. The van der Waals surface area contributed by atoms with Crippen molar-refractivity contribution in [2.24, 2.45) is 5.92 Å². The van der Waals surface area contributed by atoms with Gasteiger partial charge in [0.1, 0.15) is 12.0 Å². The number of alkyl halides is 3. The second-order valence-electron chi connectivity index (χ2n) is 6.68. The summed E-state index contributed by atoms with van der Waals surface area (Å²) < 4.78 is 41.2. The molecule has 1 aromatic heterocycles. The second kappa shape index (κ2) is 6.15. The zero-order valence-corrected chi connectivity index (χ0v) is 13.4. The molecular formula is C16H19F3N4O2. The molecule has 0 spiro atoms. The van der Waals surface area contributed by atoms with Crippen molar-refractivity contribution in [3.8, 4) is 5.75 Å². The zero-order chi connectivity index (χ0) is 17.6. The van der Waals surface area contributed by atoms with E-state index in [0.29, 0.717) is 22.5 Å². The van der Waals surface area contributed by atoms with Crippen LogP contribution < -0.4 is 10.1 Å². The van der Waals surface area contributed by atoms with Crippen molar-refractivity contribution in [2.75, 3.05) is 19.6 Å². The van der Waals surface area contributed by atoms with E-state index >= 15 is 0 Å². The van der Waals surface area contributed by atoms with Crippen LogP contribution in [-0.2, 0) is 0 Å². The van der Waals surface area contributed by atoms with Crippen LogP contribution in [0, 0.1) is 5.92 Å². The minimum Gasteiger partial charge on any atom is -0.406 e. The summed E-state index contributed by atoms with van der Waals surface area (Å²) >= 11 is 0. The fraction of sp³-hybridized carbons (Fsp3) is 0.562. The standard InChI is InChI=1S/C16H19F3N4O2/c17-16(18,19)25-10-1-2-12-11(7-10)14(22-21-12)15(24)20-13-8-23-5-3-9(13)4-6-23/h1-2,7,9,13,15,20,24H,3-6,8H2,(H,21,22)/t13-,15?/m1/s1. The molecule has 2 bridgehead atoms. The Morgan fingerprint density at radius 1 is 1.32 bits per heavy atom. The van der Waals surface area contributed by atoms with E-state index in [1.807, 2.05) is 0 Å². The summed E-state index contributed by atoms with van der Waals surface area (Å²) in [6.45, 7) is 3.05. The quantitative estimate of drug-likeness (QED) is 0.732. The maximum absolute atomic E-state index is 12.4. The normalized spacial score (nSPS) is 27.6. The second-order valence-corrected chi connectivity index (χ2v) is 6.68. The molecule has 25 heavy (non-hydrogen) atoms. The molecule has 0 radical (unpaired) electrons. The highest BCUT2D eigenvalue weighted by atomic mass is 19.4. The van der Waals surface area contributed by atoms with Gasteiger partial charge in [0.2, 0.25) is 0 Å². The molecule has 3 N–H and O–H groups in total. The van der Waals surface area contributed by atoms with Gasteiger partial charge in [-0.2, -0.15) is 5.10 Å². The van der Waals surface area contributed by atoms with Gasteiger partial charge in [-0.25, -0.2) is 0 Å². The third-order valence-corrected chi connectivity index (χ3v) is 5.09. The van der Waals surface area contributed by atoms with E-state index in [2.05, 4.69) is 25.2 Å². The van der Waals surface area contributed by atoms with Crippen molar-refractivity contribution >= 4 is 10.9 Å². The van der Waals surface area contributed by atoms with Gasteiger partial charge in [0, 0.05) is 18.0 Å². The fourth-order valence-corrected chi connectivity index (χ4v) is 3.85. The van der Waals surface area contributed by atoms with Gasteiger partial charge in [-0.3, -0.25) is 10.4 Å². The highest BCUT2D eigenvalue weighted by Gasteiger charge is 2.35. The molecule has 3 saturated heterocycles.